The van der Waals surface area contributed by atoms with E-state index in [9.17, 15) is 9.59 Å². The molecule has 4 aliphatic carbocycles. The molecule has 6 nitrogen and oxygen atoms in total. The van der Waals surface area contributed by atoms with Crippen LogP contribution in [0.25, 0.3) is 10.9 Å². The SMILES string of the molecule is NNC(=O)[C@H](Cc1ccccc1)NC(=O)c1cc(C23CC4CC(CC(C4)C2)C3)c2ccccc2n1. The second kappa shape index (κ2) is 8.76. The number of amides is 2. The van der Waals surface area contributed by atoms with Gasteiger partial charge >= 0.3 is 0 Å². The summed E-state index contributed by atoms with van der Waals surface area (Å²) >= 11 is 0. The maximum absolute atomic E-state index is 13.5. The molecule has 4 fully saturated rings. The minimum absolute atomic E-state index is 0.129. The summed E-state index contributed by atoms with van der Waals surface area (Å²) < 4.78 is 0. The zero-order chi connectivity index (χ0) is 24.0. The minimum Gasteiger partial charge on any atom is -0.339 e. The van der Waals surface area contributed by atoms with E-state index < -0.39 is 11.9 Å². The predicted octanol–water partition coefficient (Wildman–Crippen LogP) is 4.03. The number of nitrogens with two attached hydrogens (primary N) is 1. The normalized spacial score (nSPS) is 27.5. The van der Waals surface area contributed by atoms with Crippen LogP contribution in [0.15, 0.2) is 60.7 Å². The van der Waals surface area contributed by atoms with Crippen molar-refractivity contribution in [2.45, 2.75) is 56.4 Å². The lowest BCUT2D eigenvalue weighted by atomic mass is 9.48. The summed E-state index contributed by atoms with van der Waals surface area (Å²) in [5.74, 6) is 7.07. The molecule has 0 unspecified atom stereocenters. The molecule has 2 aromatic carbocycles. The highest BCUT2D eigenvalue weighted by Gasteiger charge is 2.52. The topological polar surface area (TPSA) is 97.1 Å². The molecular weight excluding hydrogens is 436 g/mol. The molecule has 4 bridgehead atoms. The molecular formula is C29H32N4O2. The standard InChI is InChI=1S/C29H32N4O2/c30-33-28(35)25(13-18-6-2-1-3-7-18)32-27(34)26-14-23(22-8-4-5-9-24(22)31-26)29-15-19-10-20(16-29)12-21(11-19)17-29/h1-9,14,19-21,25H,10-13,15-17,30H2,(H,32,34)(H,33,35)/t19?,20?,21?,25-,29?/m0/s1. The quantitative estimate of drug-likeness (QED) is 0.289. The van der Waals surface area contributed by atoms with Crippen LogP contribution in [0.2, 0.25) is 0 Å². The molecule has 0 spiro atoms. The van der Waals surface area contributed by atoms with Gasteiger partial charge in [-0.15, -0.1) is 0 Å². The van der Waals surface area contributed by atoms with E-state index in [1.165, 1.54) is 44.1 Å². The maximum atomic E-state index is 13.5. The fourth-order valence-electron chi connectivity index (χ4n) is 7.56. The summed E-state index contributed by atoms with van der Waals surface area (Å²) in [6.07, 6.45) is 8.08. The van der Waals surface area contributed by atoms with Gasteiger partial charge in [0.05, 0.1) is 5.52 Å². The molecule has 0 saturated heterocycles. The number of aromatic nitrogens is 1. The molecule has 1 heterocycles. The summed E-state index contributed by atoms with van der Waals surface area (Å²) in [5, 5.41) is 4.06. The van der Waals surface area contributed by atoms with Gasteiger partial charge in [0, 0.05) is 11.8 Å². The van der Waals surface area contributed by atoms with Crippen molar-refractivity contribution in [3.8, 4) is 0 Å². The zero-order valence-corrected chi connectivity index (χ0v) is 19.9. The maximum Gasteiger partial charge on any atom is 0.270 e. The van der Waals surface area contributed by atoms with Crippen LogP contribution in [0.1, 0.15) is 60.1 Å². The van der Waals surface area contributed by atoms with E-state index in [1.807, 2.05) is 48.5 Å². The minimum atomic E-state index is -0.786. The molecule has 1 aromatic heterocycles. The number of fused-ring (bicyclic) bond motifs is 1. The van der Waals surface area contributed by atoms with Crippen LogP contribution in [-0.4, -0.2) is 22.8 Å². The van der Waals surface area contributed by atoms with Crippen LogP contribution >= 0.6 is 0 Å². The first-order valence-electron chi connectivity index (χ1n) is 12.8. The number of nitrogens with zero attached hydrogens (tertiary/aromatic N) is 1. The first-order chi connectivity index (χ1) is 17.0. The Morgan fingerprint density at radius 3 is 2.23 bits per heavy atom. The summed E-state index contributed by atoms with van der Waals surface area (Å²) in [5.41, 5.74) is 5.76. The summed E-state index contributed by atoms with van der Waals surface area (Å²) in [4.78, 5) is 30.7. The number of pyridine rings is 1. The van der Waals surface area contributed by atoms with E-state index in [0.717, 1.165) is 34.2 Å². The Kier molecular flexibility index (Phi) is 5.56. The van der Waals surface area contributed by atoms with Gasteiger partial charge in [-0.3, -0.25) is 15.0 Å². The van der Waals surface area contributed by atoms with Crippen LogP contribution < -0.4 is 16.6 Å². The second-order valence-electron chi connectivity index (χ2n) is 11.0. The molecule has 1 atom stereocenters. The first-order valence-corrected chi connectivity index (χ1v) is 12.8. The van der Waals surface area contributed by atoms with Crippen molar-refractivity contribution in [3.05, 3.63) is 77.5 Å². The molecule has 0 radical (unpaired) electrons. The number of hydrogen-bond acceptors (Lipinski definition) is 4. The second-order valence-corrected chi connectivity index (χ2v) is 11.0. The monoisotopic (exact) mass is 468 g/mol. The highest BCUT2D eigenvalue weighted by molar-refractivity contribution is 5.98. The van der Waals surface area contributed by atoms with Crippen LogP contribution in [0.5, 0.6) is 0 Å². The predicted molar refractivity (Wildman–Crippen MR) is 135 cm³/mol. The third kappa shape index (κ3) is 4.10. The van der Waals surface area contributed by atoms with Gasteiger partial charge in [-0.2, -0.15) is 0 Å². The van der Waals surface area contributed by atoms with E-state index in [1.54, 1.807) is 0 Å². The van der Waals surface area contributed by atoms with E-state index in [-0.39, 0.29) is 11.3 Å². The number of benzene rings is 2. The zero-order valence-electron chi connectivity index (χ0n) is 19.9. The number of hydrazine groups is 1. The molecule has 6 heteroatoms. The van der Waals surface area contributed by atoms with Gasteiger partial charge in [0.15, 0.2) is 0 Å². The Balaban J connectivity index is 1.35. The third-order valence-electron chi connectivity index (χ3n) is 8.61. The van der Waals surface area contributed by atoms with Gasteiger partial charge in [0.25, 0.3) is 11.8 Å². The molecule has 2 amide bonds. The Hall–Kier alpha value is -3.25. The molecule has 7 rings (SSSR count). The average Bonchev–Trinajstić information content (AvgIpc) is 2.87. The molecule has 4 aliphatic rings. The van der Waals surface area contributed by atoms with Crippen LogP contribution in [0.3, 0.4) is 0 Å². The first kappa shape index (κ1) is 22.2. The Morgan fingerprint density at radius 1 is 0.943 bits per heavy atom. The summed E-state index contributed by atoms with van der Waals surface area (Å²) in [6.45, 7) is 0. The lowest BCUT2D eigenvalue weighted by Crippen LogP contribution is -2.50. The average molecular weight is 469 g/mol. The van der Waals surface area contributed by atoms with Crippen molar-refractivity contribution >= 4 is 22.7 Å². The molecule has 180 valence electrons. The van der Waals surface area contributed by atoms with Crippen molar-refractivity contribution < 1.29 is 9.59 Å². The molecule has 3 aromatic rings. The molecule has 0 aliphatic heterocycles. The lowest BCUT2D eigenvalue weighted by molar-refractivity contribution is -0.123. The van der Waals surface area contributed by atoms with Gasteiger partial charge in [-0.1, -0.05) is 48.5 Å². The van der Waals surface area contributed by atoms with Gasteiger partial charge in [-0.05, 0) is 85.0 Å². The Labute approximate surface area is 205 Å². The smallest absolute Gasteiger partial charge is 0.270 e. The van der Waals surface area contributed by atoms with Crippen molar-refractivity contribution in [3.63, 3.8) is 0 Å². The molecule has 4 N–H and O–H groups in total. The lowest BCUT2D eigenvalue weighted by Gasteiger charge is -2.57. The largest absolute Gasteiger partial charge is 0.339 e. The van der Waals surface area contributed by atoms with Crippen molar-refractivity contribution in [1.29, 1.82) is 0 Å². The van der Waals surface area contributed by atoms with Gasteiger partial charge in [-0.25, -0.2) is 10.8 Å². The summed E-state index contributed by atoms with van der Waals surface area (Å²) in [7, 11) is 0. The van der Waals surface area contributed by atoms with Crippen LogP contribution in [0, 0.1) is 17.8 Å². The number of para-hydroxylation sites is 1. The Morgan fingerprint density at radius 2 is 1.57 bits per heavy atom. The summed E-state index contributed by atoms with van der Waals surface area (Å²) in [6, 6.07) is 19.0. The van der Waals surface area contributed by atoms with Crippen LogP contribution in [-0.2, 0) is 16.6 Å². The number of nitrogens with one attached hydrogen (secondary N) is 2. The van der Waals surface area contributed by atoms with Gasteiger partial charge in [0.2, 0.25) is 0 Å². The number of hydrogen-bond donors (Lipinski definition) is 3. The number of carbonyl (C=O) groups is 2. The Bertz CT molecular complexity index is 1240. The van der Waals surface area contributed by atoms with Crippen molar-refractivity contribution in [1.82, 2.24) is 15.7 Å². The van der Waals surface area contributed by atoms with Gasteiger partial charge in [0.1, 0.15) is 11.7 Å². The van der Waals surface area contributed by atoms with E-state index in [0.29, 0.717) is 12.1 Å². The molecule has 4 saturated carbocycles. The third-order valence-corrected chi connectivity index (χ3v) is 8.61. The van der Waals surface area contributed by atoms with Crippen molar-refractivity contribution in [2.24, 2.45) is 23.6 Å². The van der Waals surface area contributed by atoms with E-state index >= 15 is 0 Å². The van der Waals surface area contributed by atoms with E-state index in [4.69, 9.17) is 10.8 Å². The van der Waals surface area contributed by atoms with E-state index in [2.05, 4.69) is 22.9 Å². The molecule has 35 heavy (non-hydrogen) atoms. The number of rotatable bonds is 6. The fraction of sp³-hybridized carbons (Fsp3) is 0.414. The van der Waals surface area contributed by atoms with Gasteiger partial charge < -0.3 is 5.32 Å². The highest BCUT2D eigenvalue weighted by Crippen LogP contribution is 2.61. The highest BCUT2D eigenvalue weighted by atomic mass is 16.2. The van der Waals surface area contributed by atoms with Crippen LogP contribution in [0.4, 0.5) is 0 Å². The number of carbonyl (C=O) groups excluding carboxylic acids is 2. The fourth-order valence-corrected chi connectivity index (χ4v) is 7.56. The van der Waals surface area contributed by atoms with Crippen molar-refractivity contribution in [2.75, 3.05) is 0 Å².